The fraction of sp³-hybridized carbons (Fsp3) is 0.438. The van der Waals surface area contributed by atoms with Gasteiger partial charge in [0.2, 0.25) is 5.91 Å². The van der Waals surface area contributed by atoms with Crippen molar-refractivity contribution >= 4 is 29.4 Å². The molecule has 2 heterocycles. The van der Waals surface area contributed by atoms with E-state index in [1.807, 2.05) is 0 Å². The average molecular weight is 390 g/mol. The molecule has 0 bridgehead atoms. The summed E-state index contributed by atoms with van der Waals surface area (Å²) in [7, 11) is 0. The van der Waals surface area contributed by atoms with Crippen LogP contribution in [0.2, 0.25) is 5.02 Å². The van der Waals surface area contributed by atoms with Crippen molar-refractivity contribution in [2.24, 2.45) is 0 Å². The average Bonchev–Trinajstić information content (AvgIpc) is 3.02. The van der Waals surface area contributed by atoms with Crippen molar-refractivity contribution in [1.82, 2.24) is 15.5 Å². The van der Waals surface area contributed by atoms with Gasteiger partial charge in [0.15, 0.2) is 0 Å². The Morgan fingerprint density at radius 1 is 1.35 bits per heavy atom. The number of nitrogens with one attached hydrogen (secondary N) is 2. The zero-order valence-electron chi connectivity index (χ0n) is 13.6. The maximum atomic E-state index is 13.0. The molecule has 1 saturated heterocycles. The van der Waals surface area contributed by atoms with Crippen molar-refractivity contribution in [1.29, 1.82) is 0 Å². The van der Waals surface area contributed by atoms with Crippen LogP contribution in [0.25, 0.3) is 0 Å². The van der Waals surface area contributed by atoms with E-state index in [1.165, 1.54) is 11.0 Å². The summed E-state index contributed by atoms with van der Waals surface area (Å²) in [6.45, 7) is 1.79. The van der Waals surface area contributed by atoms with Gasteiger partial charge in [0.05, 0.1) is 16.6 Å². The van der Waals surface area contributed by atoms with Crippen LogP contribution in [0.3, 0.4) is 0 Å². The third-order valence-corrected chi connectivity index (χ3v) is 4.93. The van der Waals surface area contributed by atoms with Gasteiger partial charge >= 0.3 is 12.2 Å². The molecule has 4 amide bonds. The van der Waals surface area contributed by atoms with E-state index < -0.39 is 40.8 Å². The van der Waals surface area contributed by atoms with Crippen molar-refractivity contribution in [3.8, 4) is 0 Å². The molecular formula is C16H15ClF3N3O3. The number of imide groups is 1. The standard InChI is InChI=1S/C16H15ClF3N3O3/c1-7-9-5-10(16(18,19)20)11(17)4-8(9)6-23(7)13(24)3-2-12-14(25)22-15(26)21-12/h4-5,7,12H,2-3,6H2,1H3,(H2,21,22,25,26). The van der Waals surface area contributed by atoms with E-state index in [0.717, 1.165) is 6.07 Å². The quantitative estimate of drug-likeness (QED) is 0.780. The van der Waals surface area contributed by atoms with Crippen molar-refractivity contribution in [3.63, 3.8) is 0 Å². The minimum Gasteiger partial charge on any atom is -0.332 e. The van der Waals surface area contributed by atoms with Gasteiger partial charge in [0, 0.05) is 13.0 Å². The van der Waals surface area contributed by atoms with Gasteiger partial charge in [-0.2, -0.15) is 13.2 Å². The summed E-state index contributed by atoms with van der Waals surface area (Å²) in [6.07, 6.45) is -4.47. The van der Waals surface area contributed by atoms with E-state index in [4.69, 9.17) is 11.6 Å². The summed E-state index contributed by atoms with van der Waals surface area (Å²) < 4.78 is 39.1. The number of benzene rings is 1. The topological polar surface area (TPSA) is 78.5 Å². The fourth-order valence-corrected chi connectivity index (χ4v) is 3.53. The van der Waals surface area contributed by atoms with Crippen LogP contribution in [0.5, 0.6) is 0 Å². The third-order valence-electron chi connectivity index (χ3n) is 4.62. The molecule has 0 saturated carbocycles. The molecule has 2 aliphatic heterocycles. The predicted octanol–water partition coefficient (Wildman–Crippen LogP) is 2.75. The van der Waals surface area contributed by atoms with Gasteiger partial charge in [-0.05, 0) is 36.6 Å². The van der Waals surface area contributed by atoms with Gasteiger partial charge < -0.3 is 10.2 Å². The smallest absolute Gasteiger partial charge is 0.332 e. The zero-order valence-corrected chi connectivity index (χ0v) is 14.4. The molecule has 1 aromatic carbocycles. The number of fused-ring (bicyclic) bond motifs is 1. The molecule has 3 rings (SSSR count). The Hall–Kier alpha value is -2.29. The molecule has 0 aliphatic carbocycles. The van der Waals surface area contributed by atoms with Gasteiger partial charge in [-0.3, -0.25) is 14.9 Å². The maximum absolute atomic E-state index is 13.0. The SMILES string of the molecule is CC1c2cc(C(F)(F)F)c(Cl)cc2CN1C(=O)CCC1NC(=O)NC1=O. The van der Waals surface area contributed by atoms with Crippen LogP contribution in [0, 0.1) is 0 Å². The van der Waals surface area contributed by atoms with Gasteiger partial charge in [-0.15, -0.1) is 0 Å². The highest BCUT2D eigenvalue weighted by Crippen LogP contribution is 2.42. The Kier molecular flexibility index (Phi) is 4.60. The molecule has 0 aromatic heterocycles. The Morgan fingerprint density at radius 2 is 2.04 bits per heavy atom. The van der Waals surface area contributed by atoms with Crippen LogP contribution in [0.15, 0.2) is 12.1 Å². The van der Waals surface area contributed by atoms with Gasteiger partial charge in [-0.25, -0.2) is 4.79 Å². The summed E-state index contributed by atoms with van der Waals surface area (Å²) in [6, 6.07) is 0.304. The van der Waals surface area contributed by atoms with Gasteiger partial charge in [0.25, 0.3) is 5.91 Å². The first-order chi connectivity index (χ1) is 12.1. The van der Waals surface area contributed by atoms with Gasteiger partial charge in [-0.1, -0.05) is 11.6 Å². The van der Waals surface area contributed by atoms with Crippen molar-refractivity contribution in [2.45, 2.75) is 44.6 Å². The number of nitrogens with zero attached hydrogens (tertiary/aromatic N) is 1. The van der Waals surface area contributed by atoms with Crippen LogP contribution in [-0.4, -0.2) is 28.8 Å². The largest absolute Gasteiger partial charge is 0.417 e. The minimum absolute atomic E-state index is 0.0173. The number of halogens is 4. The first-order valence-corrected chi connectivity index (χ1v) is 8.26. The second kappa shape index (κ2) is 6.46. The second-order valence-electron chi connectivity index (χ2n) is 6.28. The van der Waals surface area contributed by atoms with E-state index >= 15 is 0 Å². The Morgan fingerprint density at radius 3 is 2.62 bits per heavy atom. The number of alkyl halides is 3. The molecule has 6 nitrogen and oxygen atoms in total. The molecule has 1 aromatic rings. The lowest BCUT2D eigenvalue weighted by Crippen LogP contribution is -2.33. The van der Waals surface area contributed by atoms with Crippen LogP contribution in [-0.2, 0) is 22.3 Å². The third kappa shape index (κ3) is 3.35. The molecule has 10 heteroatoms. The molecule has 140 valence electrons. The number of rotatable bonds is 3. The highest BCUT2D eigenvalue weighted by Gasteiger charge is 2.38. The van der Waals surface area contributed by atoms with Crippen LogP contribution in [0.4, 0.5) is 18.0 Å². The van der Waals surface area contributed by atoms with E-state index in [1.54, 1.807) is 6.92 Å². The molecule has 2 N–H and O–H groups in total. The molecule has 2 aliphatic rings. The van der Waals surface area contributed by atoms with Crippen LogP contribution >= 0.6 is 11.6 Å². The maximum Gasteiger partial charge on any atom is 0.417 e. The number of amides is 4. The number of carbonyl (C=O) groups is 3. The molecule has 2 atom stereocenters. The van der Waals surface area contributed by atoms with Crippen LogP contribution < -0.4 is 10.6 Å². The zero-order chi connectivity index (χ0) is 19.2. The summed E-state index contributed by atoms with van der Waals surface area (Å²) in [5.74, 6) is -0.811. The molecule has 1 fully saturated rings. The van der Waals surface area contributed by atoms with E-state index in [-0.39, 0.29) is 25.3 Å². The number of carbonyl (C=O) groups excluding carboxylic acids is 3. The monoisotopic (exact) mass is 389 g/mol. The molecule has 26 heavy (non-hydrogen) atoms. The normalized spacial score (nSPS) is 22.3. The number of urea groups is 1. The first kappa shape index (κ1) is 18.5. The molecule has 0 radical (unpaired) electrons. The minimum atomic E-state index is -4.57. The number of hydrogen-bond donors (Lipinski definition) is 2. The molecule has 0 spiro atoms. The van der Waals surface area contributed by atoms with Crippen LogP contribution in [0.1, 0.15) is 42.5 Å². The van der Waals surface area contributed by atoms with E-state index in [9.17, 15) is 27.6 Å². The molecule has 2 unspecified atom stereocenters. The lowest BCUT2D eigenvalue weighted by atomic mass is 10.0. The lowest BCUT2D eigenvalue weighted by molar-refractivity contribution is -0.137. The predicted molar refractivity (Wildman–Crippen MR) is 85.1 cm³/mol. The summed E-state index contributed by atoms with van der Waals surface area (Å²) in [4.78, 5) is 36.5. The highest BCUT2D eigenvalue weighted by molar-refractivity contribution is 6.31. The Bertz CT molecular complexity index is 797. The lowest BCUT2D eigenvalue weighted by Gasteiger charge is -2.22. The Labute approximate surface area is 151 Å². The first-order valence-electron chi connectivity index (χ1n) is 7.88. The van der Waals surface area contributed by atoms with Crippen molar-refractivity contribution in [2.75, 3.05) is 0 Å². The van der Waals surface area contributed by atoms with Crippen molar-refractivity contribution in [3.05, 3.63) is 33.8 Å². The summed E-state index contributed by atoms with van der Waals surface area (Å²) in [5, 5.41) is 4.07. The summed E-state index contributed by atoms with van der Waals surface area (Å²) >= 11 is 5.74. The fourth-order valence-electron chi connectivity index (χ4n) is 3.24. The van der Waals surface area contributed by atoms with Crippen molar-refractivity contribution < 1.29 is 27.6 Å². The van der Waals surface area contributed by atoms with Gasteiger partial charge in [0.1, 0.15) is 6.04 Å². The van der Waals surface area contributed by atoms with E-state index in [2.05, 4.69) is 10.6 Å². The second-order valence-corrected chi connectivity index (χ2v) is 6.69. The number of hydrogen-bond acceptors (Lipinski definition) is 3. The highest BCUT2D eigenvalue weighted by atomic mass is 35.5. The Balaban J connectivity index is 1.71. The summed E-state index contributed by atoms with van der Waals surface area (Å²) in [5.41, 5.74) is 0.0437. The van der Waals surface area contributed by atoms with E-state index in [0.29, 0.717) is 11.1 Å². The molecular weight excluding hydrogens is 375 g/mol.